The number of nitrogens with one attached hydrogen (secondary N) is 1. The first-order chi connectivity index (χ1) is 8.74. The van der Waals surface area contributed by atoms with Gasteiger partial charge in [-0.05, 0) is 18.6 Å². The predicted octanol–water partition coefficient (Wildman–Crippen LogP) is 1.21. The SMILES string of the molecule is Cc1ccc([N+](=O)[O-])c(NCCS(=O)(=O)N(C)C)c1. The molecule has 7 nitrogen and oxygen atoms in total. The first-order valence-corrected chi connectivity index (χ1v) is 7.24. The Morgan fingerprint density at radius 3 is 2.53 bits per heavy atom. The van der Waals surface area contributed by atoms with Crippen LogP contribution in [0.4, 0.5) is 11.4 Å². The summed E-state index contributed by atoms with van der Waals surface area (Å²) in [4.78, 5) is 10.3. The number of anilines is 1. The van der Waals surface area contributed by atoms with E-state index in [-0.39, 0.29) is 18.0 Å². The molecule has 1 aromatic rings. The van der Waals surface area contributed by atoms with E-state index in [1.165, 1.54) is 20.2 Å². The topological polar surface area (TPSA) is 92.5 Å². The molecule has 0 aliphatic heterocycles. The Morgan fingerprint density at radius 1 is 1.37 bits per heavy atom. The third-order valence-corrected chi connectivity index (χ3v) is 4.41. The zero-order valence-electron chi connectivity index (χ0n) is 11.1. The molecule has 106 valence electrons. The van der Waals surface area contributed by atoms with Crippen molar-refractivity contribution in [2.24, 2.45) is 0 Å². The fourth-order valence-corrected chi connectivity index (χ4v) is 2.17. The summed E-state index contributed by atoms with van der Waals surface area (Å²) in [6.45, 7) is 1.93. The van der Waals surface area contributed by atoms with Gasteiger partial charge in [0.1, 0.15) is 5.69 Å². The van der Waals surface area contributed by atoms with Crippen LogP contribution in [0.25, 0.3) is 0 Å². The average Bonchev–Trinajstić information content (AvgIpc) is 2.28. The van der Waals surface area contributed by atoms with Crippen LogP contribution in [0.3, 0.4) is 0 Å². The molecule has 0 aromatic heterocycles. The molecule has 1 rings (SSSR count). The number of hydrogen-bond donors (Lipinski definition) is 1. The second-order valence-electron chi connectivity index (χ2n) is 4.30. The Hall–Kier alpha value is -1.67. The first kappa shape index (κ1) is 15.4. The highest BCUT2D eigenvalue weighted by atomic mass is 32.2. The molecule has 0 aliphatic rings. The van der Waals surface area contributed by atoms with E-state index >= 15 is 0 Å². The molecule has 1 N–H and O–H groups in total. The van der Waals surface area contributed by atoms with E-state index in [1.54, 1.807) is 12.1 Å². The van der Waals surface area contributed by atoms with Crippen LogP contribution < -0.4 is 5.32 Å². The van der Waals surface area contributed by atoms with E-state index in [0.29, 0.717) is 5.69 Å². The number of aryl methyl sites for hydroxylation is 1. The average molecular weight is 287 g/mol. The number of rotatable bonds is 6. The van der Waals surface area contributed by atoms with Gasteiger partial charge in [-0.3, -0.25) is 10.1 Å². The zero-order chi connectivity index (χ0) is 14.6. The minimum atomic E-state index is -3.31. The van der Waals surface area contributed by atoms with Gasteiger partial charge in [0.2, 0.25) is 10.0 Å². The molecule has 0 heterocycles. The molecule has 0 atom stereocenters. The summed E-state index contributed by atoms with van der Waals surface area (Å²) in [5, 5.41) is 13.6. The molecule has 0 radical (unpaired) electrons. The molecule has 0 saturated heterocycles. The largest absolute Gasteiger partial charge is 0.378 e. The lowest BCUT2D eigenvalue weighted by molar-refractivity contribution is -0.384. The van der Waals surface area contributed by atoms with Crippen LogP contribution in [0.15, 0.2) is 18.2 Å². The van der Waals surface area contributed by atoms with Gasteiger partial charge in [-0.25, -0.2) is 12.7 Å². The minimum absolute atomic E-state index is 0.0622. The fourth-order valence-electron chi connectivity index (χ4n) is 1.45. The molecule has 0 spiro atoms. The van der Waals surface area contributed by atoms with Gasteiger partial charge in [-0.2, -0.15) is 0 Å². The smallest absolute Gasteiger partial charge is 0.292 e. The summed E-state index contributed by atoms with van der Waals surface area (Å²) in [6, 6.07) is 4.67. The molecule has 8 heteroatoms. The highest BCUT2D eigenvalue weighted by molar-refractivity contribution is 7.89. The van der Waals surface area contributed by atoms with E-state index in [9.17, 15) is 18.5 Å². The molecule has 0 bridgehead atoms. The van der Waals surface area contributed by atoms with Gasteiger partial charge in [0, 0.05) is 26.7 Å². The number of sulfonamides is 1. The fraction of sp³-hybridized carbons (Fsp3) is 0.455. The number of nitrogens with zero attached hydrogens (tertiary/aromatic N) is 2. The monoisotopic (exact) mass is 287 g/mol. The number of nitro benzene ring substituents is 1. The van der Waals surface area contributed by atoms with Crippen molar-refractivity contribution in [2.75, 3.05) is 31.7 Å². The lowest BCUT2D eigenvalue weighted by Crippen LogP contribution is -2.28. The summed E-state index contributed by atoms with van der Waals surface area (Å²) < 4.78 is 24.2. The molecule has 19 heavy (non-hydrogen) atoms. The predicted molar refractivity (Wildman–Crippen MR) is 73.8 cm³/mol. The van der Waals surface area contributed by atoms with Crippen molar-refractivity contribution in [3.8, 4) is 0 Å². The van der Waals surface area contributed by atoms with Crippen LogP contribution in [0.2, 0.25) is 0 Å². The summed E-state index contributed by atoms with van der Waals surface area (Å²) in [5.74, 6) is -0.120. The third kappa shape index (κ3) is 4.18. The maximum absolute atomic E-state index is 11.6. The molecule has 0 amide bonds. The Bertz CT molecular complexity index is 569. The van der Waals surface area contributed by atoms with Crippen molar-refractivity contribution >= 4 is 21.4 Å². The quantitative estimate of drug-likeness (QED) is 0.627. The second kappa shape index (κ2) is 5.98. The van der Waals surface area contributed by atoms with Crippen molar-refractivity contribution in [3.05, 3.63) is 33.9 Å². The van der Waals surface area contributed by atoms with Gasteiger partial charge < -0.3 is 5.32 Å². The molecular weight excluding hydrogens is 270 g/mol. The van der Waals surface area contributed by atoms with E-state index in [1.807, 2.05) is 6.92 Å². The molecule has 0 aliphatic carbocycles. The number of hydrogen-bond acceptors (Lipinski definition) is 5. The summed E-state index contributed by atoms with van der Waals surface area (Å²) in [7, 11) is -0.413. The van der Waals surface area contributed by atoms with Gasteiger partial charge in [-0.1, -0.05) is 6.07 Å². The summed E-state index contributed by atoms with van der Waals surface area (Å²) >= 11 is 0. The van der Waals surface area contributed by atoms with Gasteiger partial charge >= 0.3 is 0 Å². The van der Waals surface area contributed by atoms with E-state index < -0.39 is 14.9 Å². The van der Waals surface area contributed by atoms with Crippen LogP contribution >= 0.6 is 0 Å². The maximum Gasteiger partial charge on any atom is 0.292 e. The highest BCUT2D eigenvalue weighted by Gasteiger charge is 2.16. The van der Waals surface area contributed by atoms with E-state index in [0.717, 1.165) is 9.87 Å². The summed E-state index contributed by atoms with van der Waals surface area (Å²) in [6.07, 6.45) is 0. The van der Waals surface area contributed by atoms with Crippen molar-refractivity contribution < 1.29 is 13.3 Å². The molecule has 0 unspecified atom stereocenters. The molecule has 0 fully saturated rings. The molecule has 1 aromatic carbocycles. The third-order valence-electron chi connectivity index (χ3n) is 2.58. The van der Waals surface area contributed by atoms with E-state index in [4.69, 9.17) is 0 Å². The maximum atomic E-state index is 11.6. The Morgan fingerprint density at radius 2 is 2.00 bits per heavy atom. The van der Waals surface area contributed by atoms with Gasteiger partial charge in [0.15, 0.2) is 0 Å². The zero-order valence-corrected chi connectivity index (χ0v) is 11.9. The van der Waals surface area contributed by atoms with E-state index in [2.05, 4.69) is 5.32 Å². The van der Waals surface area contributed by atoms with Gasteiger partial charge in [-0.15, -0.1) is 0 Å². The molecular formula is C11H17N3O4S. The highest BCUT2D eigenvalue weighted by Crippen LogP contribution is 2.24. The van der Waals surface area contributed by atoms with Crippen LogP contribution in [-0.4, -0.2) is 44.0 Å². The van der Waals surface area contributed by atoms with Crippen molar-refractivity contribution in [2.45, 2.75) is 6.92 Å². The molecule has 0 saturated carbocycles. The summed E-state index contributed by atoms with van der Waals surface area (Å²) in [5.41, 5.74) is 1.13. The van der Waals surface area contributed by atoms with Crippen molar-refractivity contribution in [1.82, 2.24) is 4.31 Å². The van der Waals surface area contributed by atoms with Gasteiger partial charge in [0.05, 0.1) is 10.7 Å². The van der Waals surface area contributed by atoms with Crippen LogP contribution in [0.1, 0.15) is 5.56 Å². The van der Waals surface area contributed by atoms with Crippen LogP contribution in [-0.2, 0) is 10.0 Å². The Labute approximate surface area is 112 Å². The minimum Gasteiger partial charge on any atom is -0.378 e. The number of benzene rings is 1. The second-order valence-corrected chi connectivity index (χ2v) is 6.61. The Kier molecular flexibility index (Phi) is 4.84. The lowest BCUT2D eigenvalue weighted by atomic mass is 10.2. The lowest BCUT2D eigenvalue weighted by Gasteiger charge is -2.12. The Balaban J connectivity index is 2.78. The normalized spacial score (nSPS) is 11.6. The van der Waals surface area contributed by atoms with Crippen LogP contribution in [0, 0.1) is 17.0 Å². The van der Waals surface area contributed by atoms with Crippen LogP contribution in [0.5, 0.6) is 0 Å². The first-order valence-electron chi connectivity index (χ1n) is 5.63. The number of nitro groups is 1. The van der Waals surface area contributed by atoms with Crippen molar-refractivity contribution in [1.29, 1.82) is 0 Å². The van der Waals surface area contributed by atoms with Gasteiger partial charge in [0.25, 0.3) is 5.69 Å². The standard InChI is InChI=1S/C11H17N3O4S/c1-9-4-5-11(14(15)16)10(8-9)12-6-7-19(17,18)13(2)3/h4-5,8,12H,6-7H2,1-3H3. The van der Waals surface area contributed by atoms with Crippen molar-refractivity contribution in [3.63, 3.8) is 0 Å².